The fraction of sp³-hybridized carbons (Fsp3) is 0.870. The lowest BCUT2D eigenvalue weighted by Gasteiger charge is -2.42. The van der Waals surface area contributed by atoms with E-state index in [1.807, 2.05) is 27.7 Å². The fourth-order valence-electron chi connectivity index (χ4n) is 3.19. The summed E-state index contributed by atoms with van der Waals surface area (Å²) in [7, 11) is 0. The lowest BCUT2D eigenvalue weighted by Crippen LogP contribution is -2.56. The molecule has 0 aromatic heterocycles. The van der Waals surface area contributed by atoms with Gasteiger partial charge in [-0.25, -0.2) is 0 Å². The second-order valence-corrected chi connectivity index (χ2v) is 11.2. The van der Waals surface area contributed by atoms with Crippen molar-refractivity contribution in [2.24, 2.45) is 16.2 Å². The Morgan fingerprint density at radius 2 is 1.33 bits per heavy atom. The van der Waals surface area contributed by atoms with Crippen molar-refractivity contribution in [3.63, 3.8) is 0 Å². The highest BCUT2D eigenvalue weighted by Gasteiger charge is 2.48. The molecule has 0 rings (SSSR count). The summed E-state index contributed by atoms with van der Waals surface area (Å²) in [6, 6.07) is 0. The lowest BCUT2D eigenvalue weighted by molar-refractivity contribution is -0.146. The molecule has 0 fully saturated rings. The van der Waals surface area contributed by atoms with E-state index in [9.17, 15) is 19.5 Å². The van der Waals surface area contributed by atoms with E-state index in [0.717, 1.165) is 0 Å². The molecule has 176 valence electrons. The Hall–Kier alpha value is -1.47. The first-order valence-corrected chi connectivity index (χ1v) is 10.6. The van der Waals surface area contributed by atoms with Crippen molar-refractivity contribution >= 4 is 17.6 Å². The van der Waals surface area contributed by atoms with Crippen molar-refractivity contribution < 1.29 is 24.2 Å². The first kappa shape index (κ1) is 28.5. The van der Waals surface area contributed by atoms with Gasteiger partial charge in [-0.2, -0.15) is 0 Å². The first-order valence-electron chi connectivity index (χ1n) is 10.6. The number of amides is 2. The average molecular weight is 429 g/mol. The molecule has 0 bridgehead atoms. The Bertz CT molecular complexity index is 634. The molecule has 2 amide bonds. The molecule has 30 heavy (non-hydrogen) atoms. The quantitative estimate of drug-likeness (QED) is 0.415. The second kappa shape index (κ2) is 9.77. The van der Waals surface area contributed by atoms with Crippen LogP contribution in [0.3, 0.4) is 0 Å². The van der Waals surface area contributed by atoms with E-state index in [2.05, 4.69) is 10.6 Å². The van der Waals surface area contributed by atoms with Gasteiger partial charge >= 0.3 is 0 Å². The molecule has 0 atom stereocenters. The summed E-state index contributed by atoms with van der Waals surface area (Å²) in [6.45, 7) is 20.1. The van der Waals surface area contributed by atoms with Gasteiger partial charge in [-0.1, -0.05) is 41.5 Å². The Balaban J connectivity index is 5.01. The van der Waals surface area contributed by atoms with Gasteiger partial charge in [-0.15, -0.1) is 0 Å². The van der Waals surface area contributed by atoms with Crippen LogP contribution >= 0.6 is 0 Å². The van der Waals surface area contributed by atoms with E-state index >= 15 is 0 Å². The highest BCUT2D eigenvalue weighted by atomic mass is 16.5. The molecule has 0 radical (unpaired) electrons. The first-order chi connectivity index (χ1) is 13.2. The standard InChI is InChI=1S/C23H44N2O5/c1-16(27)22(8,9)23(10,11)18(29)25-20(4,5)14-19(2,3)17(28)24-12-13-30-21(6,7)15-26/h26H,12-15H2,1-11H3,(H,24,28)(H,25,29). The minimum atomic E-state index is -0.903. The molecular formula is C23H44N2O5. The van der Waals surface area contributed by atoms with Crippen molar-refractivity contribution in [1.82, 2.24) is 10.6 Å². The maximum absolute atomic E-state index is 13.0. The maximum atomic E-state index is 13.0. The van der Waals surface area contributed by atoms with Gasteiger partial charge < -0.3 is 20.5 Å². The third-order valence-electron chi connectivity index (χ3n) is 6.22. The zero-order chi connectivity index (χ0) is 24.2. The number of hydrogen-bond acceptors (Lipinski definition) is 5. The molecule has 0 saturated carbocycles. The van der Waals surface area contributed by atoms with Crippen molar-refractivity contribution in [3.8, 4) is 0 Å². The van der Waals surface area contributed by atoms with Gasteiger partial charge in [0, 0.05) is 22.9 Å². The van der Waals surface area contributed by atoms with Crippen LogP contribution in [0, 0.1) is 16.2 Å². The molecule has 3 N–H and O–H groups in total. The lowest BCUT2D eigenvalue weighted by atomic mass is 9.65. The van der Waals surface area contributed by atoms with Crippen LogP contribution in [0.5, 0.6) is 0 Å². The highest BCUT2D eigenvalue weighted by Crippen LogP contribution is 2.40. The van der Waals surface area contributed by atoms with Crippen LogP contribution in [0.15, 0.2) is 0 Å². The average Bonchev–Trinajstić information content (AvgIpc) is 2.56. The van der Waals surface area contributed by atoms with E-state index in [0.29, 0.717) is 19.6 Å². The van der Waals surface area contributed by atoms with Gasteiger partial charge in [0.15, 0.2) is 0 Å². The normalized spacial score (nSPS) is 13.7. The molecule has 0 aromatic carbocycles. The van der Waals surface area contributed by atoms with Crippen LogP contribution in [-0.4, -0.2) is 53.6 Å². The molecule has 0 saturated heterocycles. The number of Topliss-reactive ketones (excluding diaryl/α,β-unsaturated/α-hetero) is 1. The largest absolute Gasteiger partial charge is 0.393 e. The summed E-state index contributed by atoms with van der Waals surface area (Å²) < 4.78 is 5.53. The van der Waals surface area contributed by atoms with Crippen LogP contribution in [-0.2, 0) is 19.1 Å². The third-order valence-corrected chi connectivity index (χ3v) is 6.22. The fourth-order valence-corrected chi connectivity index (χ4v) is 3.19. The number of aliphatic hydroxyl groups is 1. The zero-order valence-corrected chi connectivity index (χ0v) is 20.9. The minimum absolute atomic E-state index is 0.0493. The van der Waals surface area contributed by atoms with Crippen molar-refractivity contribution in [2.75, 3.05) is 19.8 Å². The van der Waals surface area contributed by atoms with E-state index in [4.69, 9.17) is 4.74 Å². The van der Waals surface area contributed by atoms with Crippen molar-refractivity contribution in [1.29, 1.82) is 0 Å². The molecule has 0 spiro atoms. The number of aliphatic hydroxyl groups excluding tert-OH is 1. The zero-order valence-electron chi connectivity index (χ0n) is 20.9. The predicted octanol–water partition coefficient (Wildman–Crippen LogP) is 2.84. The summed E-state index contributed by atoms with van der Waals surface area (Å²) >= 11 is 0. The van der Waals surface area contributed by atoms with Gasteiger partial charge in [0.25, 0.3) is 0 Å². The van der Waals surface area contributed by atoms with Crippen molar-refractivity contribution in [3.05, 3.63) is 0 Å². The van der Waals surface area contributed by atoms with Crippen LogP contribution in [0.1, 0.15) is 82.6 Å². The number of hydrogen-bond donors (Lipinski definition) is 3. The minimum Gasteiger partial charge on any atom is -0.393 e. The molecule has 0 aliphatic carbocycles. The van der Waals surface area contributed by atoms with Crippen LogP contribution in [0.2, 0.25) is 0 Å². The Morgan fingerprint density at radius 1 is 0.833 bits per heavy atom. The van der Waals surface area contributed by atoms with Gasteiger partial charge in [0.2, 0.25) is 11.8 Å². The van der Waals surface area contributed by atoms with E-state index in [-0.39, 0.29) is 24.2 Å². The molecule has 0 aromatic rings. The Labute approximate surface area is 182 Å². The molecule has 0 aliphatic rings. The highest BCUT2D eigenvalue weighted by molar-refractivity contribution is 5.92. The summed E-state index contributed by atoms with van der Waals surface area (Å²) in [5.74, 6) is -0.408. The number of nitrogens with one attached hydrogen (secondary N) is 2. The maximum Gasteiger partial charge on any atom is 0.227 e. The van der Waals surface area contributed by atoms with E-state index in [1.54, 1.807) is 41.5 Å². The molecule has 7 heteroatoms. The van der Waals surface area contributed by atoms with Gasteiger partial charge in [-0.3, -0.25) is 14.4 Å². The van der Waals surface area contributed by atoms with Gasteiger partial charge in [0.1, 0.15) is 5.78 Å². The Morgan fingerprint density at radius 3 is 1.77 bits per heavy atom. The summed E-state index contributed by atoms with van der Waals surface area (Å²) in [6.07, 6.45) is 0.414. The van der Waals surface area contributed by atoms with E-state index in [1.165, 1.54) is 6.92 Å². The molecule has 7 nitrogen and oxygen atoms in total. The molecule has 0 aliphatic heterocycles. The number of ketones is 1. The molecule has 0 unspecified atom stereocenters. The smallest absolute Gasteiger partial charge is 0.227 e. The van der Waals surface area contributed by atoms with Crippen LogP contribution in [0.25, 0.3) is 0 Å². The van der Waals surface area contributed by atoms with Crippen molar-refractivity contribution in [2.45, 2.75) is 93.7 Å². The summed E-state index contributed by atoms with van der Waals surface area (Å²) in [5, 5.41) is 15.1. The van der Waals surface area contributed by atoms with Gasteiger partial charge in [0.05, 0.1) is 24.2 Å². The summed E-state index contributed by atoms with van der Waals surface area (Å²) in [4.78, 5) is 37.8. The summed E-state index contributed by atoms with van der Waals surface area (Å²) in [5.41, 5.74) is -3.75. The second-order valence-electron chi connectivity index (χ2n) is 11.2. The monoisotopic (exact) mass is 428 g/mol. The number of rotatable bonds is 12. The SMILES string of the molecule is CC(=O)C(C)(C)C(C)(C)C(=O)NC(C)(C)CC(C)(C)C(=O)NCCOC(C)(C)CO. The third kappa shape index (κ3) is 7.65. The topological polar surface area (TPSA) is 105 Å². The molecule has 0 heterocycles. The van der Waals surface area contributed by atoms with Gasteiger partial charge in [-0.05, 0) is 41.0 Å². The number of carbonyl (C=O) groups excluding carboxylic acids is 3. The number of carbonyl (C=O) groups is 3. The molecular weight excluding hydrogens is 384 g/mol. The van der Waals surface area contributed by atoms with Crippen LogP contribution < -0.4 is 10.6 Å². The Kier molecular flexibility index (Phi) is 9.29. The predicted molar refractivity (Wildman–Crippen MR) is 119 cm³/mol. The van der Waals surface area contributed by atoms with E-state index < -0.39 is 27.4 Å². The number of ether oxygens (including phenoxy) is 1. The van der Waals surface area contributed by atoms with Crippen LogP contribution in [0.4, 0.5) is 0 Å².